The Morgan fingerprint density at radius 2 is 2.23 bits per heavy atom. The maximum Gasteiger partial charge on any atom is 0.490 e. The SMILES string of the molecule is Cn1nnc2cc(B(O)O)cnc21. The number of nitrogens with zero attached hydrogens (tertiary/aromatic N) is 4. The fourth-order valence-electron chi connectivity index (χ4n) is 1.08. The molecule has 0 spiro atoms. The van der Waals surface area contributed by atoms with Crippen molar-refractivity contribution in [2.75, 3.05) is 0 Å². The number of aromatic nitrogens is 4. The van der Waals surface area contributed by atoms with Crippen LogP contribution in [0.15, 0.2) is 12.3 Å². The van der Waals surface area contributed by atoms with Crippen molar-refractivity contribution < 1.29 is 10.0 Å². The molecule has 0 fully saturated rings. The van der Waals surface area contributed by atoms with Gasteiger partial charge in [0.15, 0.2) is 5.65 Å². The Bertz CT molecular complexity index is 441. The van der Waals surface area contributed by atoms with Gasteiger partial charge in [0, 0.05) is 18.7 Å². The van der Waals surface area contributed by atoms with Crippen LogP contribution in [0.25, 0.3) is 11.2 Å². The highest BCUT2D eigenvalue weighted by molar-refractivity contribution is 6.58. The van der Waals surface area contributed by atoms with E-state index in [9.17, 15) is 0 Å². The fourth-order valence-corrected chi connectivity index (χ4v) is 1.08. The summed E-state index contributed by atoms with van der Waals surface area (Å²) in [4.78, 5) is 3.98. The van der Waals surface area contributed by atoms with Crippen molar-refractivity contribution in [1.82, 2.24) is 20.0 Å². The van der Waals surface area contributed by atoms with Crippen molar-refractivity contribution in [2.24, 2.45) is 7.05 Å². The van der Waals surface area contributed by atoms with Crippen LogP contribution in [-0.2, 0) is 7.05 Å². The van der Waals surface area contributed by atoms with Gasteiger partial charge in [0.2, 0.25) is 0 Å². The van der Waals surface area contributed by atoms with Gasteiger partial charge in [-0.2, -0.15) is 0 Å². The van der Waals surface area contributed by atoms with Gasteiger partial charge >= 0.3 is 7.12 Å². The summed E-state index contributed by atoms with van der Waals surface area (Å²) in [6.07, 6.45) is 1.39. The first-order valence-electron chi connectivity index (χ1n) is 3.70. The molecule has 2 N–H and O–H groups in total. The van der Waals surface area contributed by atoms with E-state index in [0.717, 1.165) is 0 Å². The van der Waals surface area contributed by atoms with E-state index in [1.807, 2.05) is 0 Å². The second-order valence-electron chi connectivity index (χ2n) is 2.70. The quantitative estimate of drug-likeness (QED) is 0.495. The molecule has 2 aromatic rings. The standard InChI is InChI=1S/C6H7BN4O2/c1-11-6-5(9-10-11)2-4(3-8-6)7(12)13/h2-3,12-13H,1H3. The summed E-state index contributed by atoms with van der Waals surface area (Å²) in [5.74, 6) is 0. The first-order valence-corrected chi connectivity index (χ1v) is 3.70. The number of hydrogen-bond acceptors (Lipinski definition) is 5. The van der Waals surface area contributed by atoms with Gasteiger partial charge in [-0.3, -0.25) is 0 Å². The smallest absolute Gasteiger partial charge is 0.423 e. The minimum absolute atomic E-state index is 0.313. The molecule has 2 heterocycles. The summed E-state index contributed by atoms with van der Waals surface area (Å²) < 4.78 is 1.52. The molecular weight excluding hydrogens is 171 g/mol. The fraction of sp³-hybridized carbons (Fsp3) is 0.167. The van der Waals surface area contributed by atoms with Crippen LogP contribution in [0.5, 0.6) is 0 Å². The maximum absolute atomic E-state index is 8.85. The zero-order chi connectivity index (χ0) is 9.42. The van der Waals surface area contributed by atoms with Crippen LogP contribution in [0.4, 0.5) is 0 Å². The molecule has 6 nitrogen and oxygen atoms in total. The maximum atomic E-state index is 8.85. The Morgan fingerprint density at radius 1 is 1.46 bits per heavy atom. The summed E-state index contributed by atoms with van der Waals surface area (Å²) in [7, 11) is 0.205. The van der Waals surface area contributed by atoms with Crippen LogP contribution in [-0.4, -0.2) is 37.1 Å². The Morgan fingerprint density at radius 3 is 2.92 bits per heavy atom. The van der Waals surface area contributed by atoms with Crippen LogP contribution in [0.3, 0.4) is 0 Å². The lowest BCUT2D eigenvalue weighted by Crippen LogP contribution is -2.30. The molecule has 0 atom stereocenters. The van der Waals surface area contributed by atoms with Gasteiger partial charge in [-0.15, -0.1) is 5.10 Å². The third kappa shape index (κ3) is 1.27. The van der Waals surface area contributed by atoms with Crippen LogP contribution in [0, 0.1) is 0 Å². The highest BCUT2D eigenvalue weighted by Crippen LogP contribution is 2.02. The molecular formula is C6H7BN4O2. The molecule has 0 bridgehead atoms. The zero-order valence-electron chi connectivity index (χ0n) is 6.92. The van der Waals surface area contributed by atoms with Crippen molar-refractivity contribution in [3.8, 4) is 0 Å². The summed E-state index contributed by atoms with van der Waals surface area (Å²) in [6.45, 7) is 0. The van der Waals surface area contributed by atoms with E-state index < -0.39 is 7.12 Å². The molecule has 2 rings (SSSR count). The van der Waals surface area contributed by atoms with Gasteiger partial charge in [-0.25, -0.2) is 9.67 Å². The molecule has 66 valence electrons. The number of pyridine rings is 1. The molecule has 0 aliphatic heterocycles. The van der Waals surface area contributed by atoms with Gasteiger partial charge in [0.1, 0.15) is 5.52 Å². The average molecular weight is 178 g/mol. The van der Waals surface area contributed by atoms with Crippen molar-refractivity contribution >= 4 is 23.7 Å². The molecule has 0 amide bonds. The van der Waals surface area contributed by atoms with E-state index in [1.165, 1.54) is 10.9 Å². The van der Waals surface area contributed by atoms with Gasteiger partial charge in [0.25, 0.3) is 0 Å². The first-order chi connectivity index (χ1) is 6.18. The Kier molecular flexibility index (Phi) is 1.75. The topological polar surface area (TPSA) is 84.1 Å². The van der Waals surface area contributed by atoms with E-state index in [2.05, 4.69) is 15.3 Å². The highest BCUT2D eigenvalue weighted by Gasteiger charge is 2.13. The first kappa shape index (κ1) is 8.15. The predicted octanol–water partition coefficient (Wildman–Crippen LogP) is -1.96. The minimum atomic E-state index is -1.51. The zero-order valence-corrected chi connectivity index (χ0v) is 6.92. The van der Waals surface area contributed by atoms with Crippen LogP contribution in [0.2, 0.25) is 0 Å². The Hall–Kier alpha value is -1.47. The second kappa shape index (κ2) is 2.79. The minimum Gasteiger partial charge on any atom is -0.423 e. The summed E-state index contributed by atoms with van der Waals surface area (Å²) in [5.41, 5.74) is 1.48. The third-order valence-corrected chi connectivity index (χ3v) is 1.76. The molecule has 0 saturated heterocycles. The average Bonchev–Trinajstić information content (AvgIpc) is 2.47. The van der Waals surface area contributed by atoms with E-state index in [0.29, 0.717) is 16.6 Å². The molecule has 0 unspecified atom stereocenters. The lowest BCUT2D eigenvalue weighted by atomic mass is 9.82. The lowest BCUT2D eigenvalue weighted by Gasteiger charge is -1.96. The second-order valence-corrected chi connectivity index (χ2v) is 2.70. The normalized spacial score (nSPS) is 10.7. The molecule has 0 aliphatic carbocycles. The van der Waals surface area contributed by atoms with E-state index in [1.54, 1.807) is 13.1 Å². The molecule has 0 aliphatic rings. The number of rotatable bonds is 1. The Labute approximate surface area is 74.0 Å². The van der Waals surface area contributed by atoms with Crippen LogP contribution in [0.1, 0.15) is 0 Å². The van der Waals surface area contributed by atoms with Crippen molar-refractivity contribution in [3.05, 3.63) is 12.3 Å². The highest BCUT2D eigenvalue weighted by atomic mass is 16.4. The lowest BCUT2D eigenvalue weighted by molar-refractivity contribution is 0.425. The summed E-state index contributed by atoms with van der Waals surface area (Å²) >= 11 is 0. The van der Waals surface area contributed by atoms with Crippen molar-refractivity contribution in [2.45, 2.75) is 0 Å². The summed E-state index contributed by atoms with van der Waals surface area (Å²) in [6, 6.07) is 1.54. The van der Waals surface area contributed by atoms with Crippen LogP contribution < -0.4 is 5.46 Å². The number of fused-ring (bicyclic) bond motifs is 1. The molecule has 0 saturated carbocycles. The summed E-state index contributed by atoms with van der Waals surface area (Å²) in [5, 5.41) is 25.2. The van der Waals surface area contributed by atoms with Gasteiger partial charge in [0.05, 0.1) is 0 Å². The van der Waals surface area contributed by atoms with Crippen molar-refractivity contribution in [1.29, 1.82) is 0 Å². The largest absolute Gasteiger partial charge is 0.490 e. The van der Waals surface area contributed by atoms with E-state index in [-0.39, 0.29) is 0 Å². The van der Waals surface area contributed by atoms with Crippen molar-refractivity contribution in [3.63, 3.8) is 0 Å². The third-order valence-electron chi connectivity index (χ3n) is 1.76. The molecule has 2 aromatic heterocycles. The molecule has 7 heteroatoms. The predicted molar refractivity (Wildman–Crippen MR) is 46.1 cm³/mol. The Balaban J connectivity index is 2.63. The van der Waals surface area contributed by atoms with Gasteiger partial charge < -0.3 is 10.0 Å². The van der Waals surface area contributed by atoms with Crippen LogP contribution >= 0.6 is 0 Å². The number of hydrogen-bond donors (Lipinski definition) is 2. The monoisotopic (exact) mass is 178 g/mol. The molecule has 13 heavy (non-hydrogen) atoms. The number of aryl methyl sites for hydroxylation is 1. The molecule has 0 radical (unpaired) electrons. The van der Waals surface area contributed by atoms with Gasteiger partial charge in [-0.05, 0) is 6.07 Å². The van der Waals surface area contributed by atoms with E-state index >= 15 is 0 Å². The van der Waals surface area contributed by atoms with E-state index in [4.69, 9.17) is 10.0 Å². The molecule has 0 aromatic carbocycles. The van der Waals surface area contributed by atoms with Gasteiger partial charge in [-0.1, -0.05) is 5.21 Å².